The fourth-order valence-corrected chi connectivity index (χ4v) is 0.553. The van der Waals surface area contributed by atoms with Gasteiger partial charge in [-0.3, -0.25) is 0 Å². The molecule has 0 saturated carbocycles. The molecule has 1 saturated heterocycles. The van der Waals surface area contributed by atoms with Gasteiger partial charge in [0.05, 0.1) is 0 Å². The molecule has 0 aromatic carbocycles. The molecule has 3 N–H and O–H groups in total. The molecule has 35 valence electrons. The van der Waals surface area contributed by atoms with Crippen molar-refractivity contribution in [3.05, 3.63) is 6.54 Å². The minimum absolute atomic E-state index is 0.380. The Morgan fingerprint density at radius 1 is 1.83 bits per heavy atom. The highest BCUT2D eigenvalue weighted by molar-refractivity contribution is 4.81. The summed E-state index contributed by atoms with van der Waals surface area (Å²) in [5.41, 5.74) is 5.44. The lowest BCUT2D eigenvalue weighted by Crippen LogP contribution is -2.21. The third-order valence-corrected chi connectivity index (χ3v) is 0.945. The van der Waals surface area contributed by atoms with Crippen molar-refractivity contribution in [2.45, 2.75) is 12.5 Å². The Labute approximate surface area is 37.7 Å². The van der Waals surface area contributed by atoms with E-state index in [9.17, 15) is 0 Å². The Morgan fingerprint density at radius 3 is 2.83 bits per heavy atom. The summed E-state index contributed by atoms with van der Waals surface area (Å²) in [7, 11) is 0. The van der Waals surface area contributed by atoms with E-state index in [0.717, 1.165) is 13.0 Å². The molecule has 0 bridgehead atoms. The zero-order valence-electron chi connectivity index (χ0n) is 3.65. The predicted molar refractivity (Wildman–Crippen MR) is 24.9 cm³/mol. The summed E-state index contributed by atoms with van der Waals surface area (Å²) in [6.45, 7) is 2.96. The molecule has 0 spiro atoms. The van der Waals surface area contributed by atoms with E-state index < -0.39 is 0 Å². The zero-order chi connectivity index (χ0) is 4.41. The SMILES string of the molecule is NC1C[CH]NC1. The minimum atomic E-state index is 0.380. The van der Waals surface area contributed by atoms with Gasteiger partial charge in [0.1, 0.15) is 0 Å². The van der Waals surface area contributed by atoms with E-state index in [4.69, 9.17) is 5.73 Å². The molecule has 0 aromatic heterocycles. The quantitative estimate of drug-likeness (QED) is 0.415. The molecule has 6 heavy (non-hydrogen) atoms. The number of rotatable bonds is 0. The number of hydrogen-bond acceptors (Lipinski definition) is 2. The topological polar surface area (TPSA) is 38.0 Å². The van der Waals surface area contributed by atoms with Crippen LogP contribution in [0.1, 0.15) is 6.42 Å². The second-order valence-electron chi connectivity index (χ2n) is 1.61. The van der Waals surface area contributed by atoms with Crippen molar-refractivity contribution in [3.8, 4) is 0 Å². The fraction of sp³-hybridized carbons (Fsp3) is 0.750. The van der Waals surface area contributed by atoms with Crippen molar-refractivity contribution in [2.24, 2.45) is 5.73 Å². The van der Waals surface area contributed by atoms with Gasteiger partial charge in [-0.25, -0.2) is 0 Å². The van der Waals surface area contributed by atoms with Crippen LogP contribution >= 0.6 is 0 Å². The average molecular weight is 85.1 g/mol. The Kier molecular flexibility index (Phi) is 1.08. The zero-order valence-corrected chi connectivity index (χ0v) is 3.65. The fourth-order valence-electron chi connectivity index (χ4n) is 0.553. The van der Waals surface area contributed by atoms with Crippen molar-refractivity contribution in [3.63, 3.8) is 0 Å². The molecule has 1 aliphatic heterocycles. The summed E-state index contributed by atoms with van der Waals surface area (Å²) in [5.74, 6) is 0. The normalized spacial score (nSPS) is 34.5. The third-order valence-electron chi connectivity index (χ3n) is 0.945. The first-order valence-electron chi connectivity index (χ1n) is 2.20. The van der Waals surface area contributed by atoms with Crippen LogP contribution in [0.15, 0.2) is 0 Å². The van der Waals surface area contributed by atoms with Crippen LogP contribution in [0.4, 0.5) is 0 Å². The van der Waals surface area contributed by atoms with Gasteiger partial charge in [-0.15, -0.1) is 0 Å². The molecule has 1 rings (SSSR count). The van der Waals surface area contributed by atoms with Crippen LogP contribution in [0.3, 0.4) is 0 Å². The second kappa shape index (κ2) is 1.58. The van der Waals surface area contributed by atoms with Gasteiger partial charge in [-0.2, -0.15) is 0 Å². The highest BCUT2D eigenvalue weighted by Gasteiger charge is 2.06. The summed E-state index contributed by atoms with van der Waals surface area (Å²) in [6.07, 6.45) is 1.03. The molecular formula is C4H9N2. The predicted octanol–water partition coefficient (Wildman–Crippen LogP) is -0.531. The molecule has 1 atom stereocenters. The van der Waals surface area contributed by atoms with E-state index in [2.05, 4.69) is 5.32 Å². The smallest absolute Gasteiger partial charge is 0.0237 e. The molecule has 1 unspecified atom stereocenters. The largest absolute Gasteiger partial charge is 0.326 e. The number of nitrogens with two attached hydrogens (primary N) is 1. The molecule has 0 amide bonds. The van der Waals surface area contributed by atoms with E-state index in [1.54, 1.807) is 0 Å². The standard InChI is InChI=1S/C4H9N2/c5-4-1-2-6-3-4/h2,4,6H,1,3,5H2. The maximum absolute atomic E-state index is 5.44. The first-order valence-corrected chi connectivity index (χ1v) is 2.20. The molecule has 1 aliphatic rings. The lowest BCUT2D eigenvalue weighted by Gasteiger charge is -1.91. The molecule has 0 aromatic rings. The van der Waals surface area contributed by atoms with Crippen molar-refractivity contribution in [1.82, 2.24) is 5.32 Å². The van der Waals surface area contributed by atoms with Crippen molar-refractivity contribution in [1.29, 1.82) is 0 Å². The van der Waals surface area contributed by atoms with Gasteiger partial charge in [0, 0.05) is 19.1 Å². The molecule has 0 aliphatic carbocycles. The van der Waals surface area contributed by atoms with E-state index >= 15 is 0 Å². The Hall–Kier alpha value is -0.0800. The lowest BCUT2D eigenvalue weighted by atomic mass is 10.3. The molecule has 2 heteroatoms. The minimum Gasteiger partial charge on any atom is -0.326 e. The molecule has 1 heterocycles. The molecule has 1 radical (unpaired) electrons. The van der Waals surface area contributed by atoms with Gasteiger partial charge in [0.2, 0.25) is 0 Å². The number of hydrogen-bond donors (Lipinski definition) is 2. The van der Waals surface area contributed by atoms with Gasteiger partial charge in [0.15, 0.2) is 0 Å². The summed E-state index contributed by atoms with van der Waals surface area (Å²) in [4.78, 5) is 0. The van der Waals surface area contributed by atoms with Gasteiger partial charge >= 0.3 is 0 Å². The number of nitrogens with one attached hydrogen (secondary N) is 1. The second-order valence-corrected chi connectivity index (χ2v) is 1.61. The molecular weight excluding hydrogens is 76.1 g/mol. The van der Waals surface area contributed by atoms with Crippen LogP contribution in [0.2, 0.25) is 0 Å². The Bertz CT molecular complexity index is 38.8. The highest BCUT2D eigenvalue weighted by Crippen LogP contribution is 1.95. The van der Waals surface area contributed by atoms with Crippen LogP contribution in [0.5, 0.6) is 0 Å². The van der Waals surface area contributed by atoms with Crippen LogP contribution < -0.4 is 11.1 Å². The van der Waals surface area contributed by atoms with Crippen molar-refractivity contribution in [2.75, 3.05) is 6.54 Å². The summed E-state index contributed by atoms with van der Waals surface area (Å²) >= 11 is 0. The van der Waals surface area contributed by atoms with Crippen LogP contribution in [0, 0.1) is 6.54 Å². The summed E-state index contributed by atoms with van der Waals surface area (Å²) in [5, 5.41) is 3.02. The average Bonchev–Trinajstić information content (AvgIpc) is 1.86. The van der Waals surface area contributed by atoms with Gasteiger partial charge in [-0.1, -0.05) is 0 Å². The van der Waals surface area contributed by atoms with Gasteiger partial charge in [0.25, 0.3) is 0 Å². The molecule has 2 nitrogen and oxygen atoms in total. The maximum Gasteiger partial charge on any atom is 0.0237 e. The summed E-state index contributed by atoms with van der Waals surface area (Å²) in [6, 6.07) is 0.380. The van der Waals surface area contributed by atoms with Crippen LogP contribution in [0.25, 0.3) is 0 Å². The van der Waals surface area contributed by atoms with Crippen molar-refractivity contribution >= 4 is 0 Å². The Morgan fingerprint density at radius 2 is 2.67 bits per heavy atom. The summed E-state index contributed by atoms with van der Waals surface area (Å²) < 4.78 is 0. The van der Waals surface area contributed by atoms with E-state index in [0.29, 0.717) is 6.04 Å². The lowest BCUT2D eigenvalue weighted by molar-refractivity contribution is 0.743. The van der Waals surface area contributed by atoms with Gasteiger partial charge < -0.3 is 11.1 Å². The van der Waals surface area contributed by atoms with Crippen LogP contribution in [-0.4, -0.2) is 12.6 Å². The molecule has 1 fully saturated rings. The van der Waals surface area contributed by atoms with E-state index in [1.165, 1.54) is 0 Å². The first-order chi connectivity index (χ1) is 2.89. The van der Waals surface area contributed by atoms with Crippen LogP contribution in [-0.2, 0) is 0 Å². The highest BCUT2D eigenvalue weighted by atomic mass is 14.9. The van der Waals surface area contributed by atoms with E-state index in [-0.39, 0.29) is 0 Å². The van der Waals surface area contributed by atoms with Crippen molar-refractivity contribution < 1.29 is 0 Å². The Balaban J connectivity index is 2.18. The monoisotopic (exact) mass is 85.1 g/mol. The first kappa shape index (κ1) is 4.09. The van der Waals surface area contributed by atoms with Gasteiger partial charge in [-0.05, 0) is 6.42 Å². The van der Waals surface area contributed by atoms with E-state index in [1.807, 2.05) is 6.54 Å². The third kappa shape index (κ3) is 0.698. The maximum atomic E-state index is 5.44.